The molecule has 0 unspecified atom stereocenters. The maximum atomic E-state index is 12.7. The lowest BCUT2D eigenvalue weighted by molar-refractivity contribution is -0.136. The van der Waals surface area contributed by atoms with Crippen molar-refractivity contribution in [2.24, 2.45) is 0 Å². The van der Waals surface area contributed by atoms with Gasteiger partial charge in [0.25, 0.3) is 0 Å². The van der Waals surface area contributed by atoms with Gasteiger partial charge in [-0.25, -0.2) is 0 Å². The van der Waals surface area contributed by atoms with Crippen LogP contribution in [0.3, 0.4) is 0 Å². The normalized spacial score (nSPS) is 18.2. The first-order chi connectivity index (χ1) is 12.0. The largest absolute Gasteiger partial charge is 0.346 e. The summed E-state index contributed by atoms with van der Waals surface area (Å²) in [6.07, 6.45) is 2.69. The van der Waals surface area contributed by atoms with E-state index in [-0.39, 0.29) is 17.9 Å². The molecule has 1 saturated heterocycles. The number of likely N-dealkylation sites (tertiary alicyclic amines) is 1. The Morgan fingerprint density at radius 1 is 1.28 bits per heavy atom. The van der Waals surface area contributed by atoms with Gasteiger partial charge in [-0.2, -0.15) is 0 Å². The maximum absolute atomic E-state index is 12.7. The van der Waals surface area contributed by atoms with Crippen molar-refractivity contribution < 1.29 is 9.59 Å². The number of hydrogen-bond acceptors (Lipinski definition) is 3. The topological polar surface area (TPSA) is 62.3 Å². The molecule has 1 aliphatic heterocycles. The fourth-order valence-electron chi connectivity index (χ4n) is 3.11. The maximum Gasteiger partial charge on any atom is 0.243 e. The second-order valence-corrected chi connectivity index (χ2v) is 6.55. The van der Waals surface area contributed by atoms with Crippen LogP contribution < -0.4 is 5.32 Å². The van der Waals surface area contributed by atoms with Crippen LogP contribution >= 0.6 is 0 Å². The monoisotopic (exact) mass is 337 g/mol. The zero-order valence-electron chi connectivity index (χ0n) is 14.6. The fraction of sp³-hybridized carbons (Fsp3) is 0.350. The van der Waals surface area contributed by atoms with Crippen LogP contribution in [0.2, 0.25) is 0 Å². The molecule has 1 aromatic heterocycles. The summed E-state index contributed by atoms with van der Waals surface area (Å²) in [5.74, 6) is -0.0812. The molecule has 0 bridgehead atoms. The van der Waals surface area contributed by atoms with Crippen molar-refractivity contribution in [3.8, 4) is 0 Å². The molecule has 2 amide bonds. The van der Waals surface area contributed by atoms with Crippen LogP contribution in [-0.4, -0.2) is 27.7 Å². The molecule has 1 aromatic carbocycles. The van der Waals surface area contributed by atoms with Gasteiger partial charge < -0.3 is 10.2 Å². The Bertz CT molecular complexity index is 743. The molecule has 2 atom stereocenters. The van der Waals surface area contributed by atoms with E-state index in [2.05, 4.69) is 10.3 Å². The summed E-state index contributed by atoms with van der Waals surface area (Å²) < 4.78 is 0. The molecule has 130 valence electrons. The van der Waals surface area contributed by atoms with E-state index in [0.29, 0.717) is 19.4 Å². The Hall–Kier alpha value is -2.69. The predicted octanol–water partition coefficient (Wildman–Crippen LogP) is 2.76. The van der Waals surface area contributed by atoms with E-state index >= 15 is 0 Å². The van der Waals surface area contributed by atoms with E-state index < -0.39 is 6.04 Å². The molecular formula is C20H23N3O2. The van der Waals surface area contributed by atoms with Crippen LogP contribution in [0.4, 0.5) is 0 Å². The van der Waals surface area contributed by atoms with Gasteiger partial charge in [0.15, 0.2) is 0 Å². The molecule has 25 heavy (non-hydrogen) atoms. The quantitative estimate of drug-likeness (QED) is 0.912. The number of hydrogen-bond donors (Lipinski definition) is 1. The highest BCUT2D eigenvalue weighted by Crippen LogP contribution is 2.23. The number of amides is 2. The van der Waals surface area contributed by atoms with E-state index in [9.17, 15) is 9.59 Å². The van der Waals surface area contributed by atoms with E-state index in [1.54, 1.807) is 11.1 Å². The fourth-order valence-corrected chi connectivity index (χ4v) is 3.11. The van der Waals surface area contributed by atoms with Gasteiger partial charge in [-0.05, 0) is 38.0 Å². The van der Waals surface area contributed by atoms with E-state index in [0.717, 1.165) is 11.3 Å². The Balaban J connectivity index is 1.68. The van der Waals surface area contributed by atoms with Crippen LogP contribution in [-0.2, 0) is 16.1 Å². The number of nitrogens with zero attached hydrogens (tertiary/aromatic N) is 2. The zero-order valence-corrected chi connectivity index (χ0v) is 14.6. The number of pyridine rings is 1. The van der Waals surface area contributed by atoms with Crippen molar-refractivity contribution in [2.45, 2.75) is 45.3 Å². The lowest BCUT2D eigenvalue weighted by atomic mass is 10.1. The first-order valence-corrected chi connectivity index (χ1v) is 8.61. The molecule has 3 rings (SSSR count). The summed E-state index contributed by atoms with van der Waals surface area (Å²) in [7, 11) is 0. The van der Waals surface area contributed by atoms with Crippen molar-refractivity contribution in [1.29, 1.82) is 0 Å². The number of aromatic nitrogens is 1. The number of aryl methyl sites for hydroxylation is 1. The van der Waals surface area contributed by atoms with Crippen LogP contribution in [0, 0.1) is 6.92 Å². The third-order valence-electron chi connectivity index (χ3n) is 4.59. The van der Waals surface area contributed by atoms with E-state index in [1.807, 2.05) is 56.3 Å². The predicted molar refractivity (Wildman–Crippen MR) is 95.5 cm³/mol. The highest BCUT2D eigenvalue weighted by Gasteiger charge is 2.36. The first-order valence-electron chi connectivity index (χ1n) is 8.61. The van der Waals surface area contributed by atoms with Gasteiger partial charge in [-0.3, -0.25) is 14.6 Å². The molecule has 5 nitrogen and oxygen atoms in total. The van der Waals surface area contributed by atoms with Crippen molar-refractivity contribution in [3.05, 3.63) is 65.5 Å². The smallest absolute Gasteiger partial charge is 0.243 e. The van der Waals surface area contributed by atoms with Gasteiger partial charge in [-0.15, -0.1) is 0 Å². The molecule has 1 fully saturated rings. The van der Waals surface area contributed by atoms with Crippen molar-refractivity contribution in [2.75, 3.05) is 0 Å². The summed E-state index contributed by atoms with van der Waals surface area (Å²) in [6.45, 7) is 4.40. The number of carbonyl (C=O) groups excluding carboxylic acids is 2. The van der Waals surface area contributed by atoms with Crippen LogP contribution in [0.25, 0.3) is 0 Å². The minimum Gasteiger partial charge on any atom is -0.346 e. The molecule has 1 N–H and O–H groups in total. The van der Waals surface area contributed by atoms with Gasteiger partial charge >= 0.3 is 0 Å². The second kappa shape index (κ2) is 7.47. The van der Waals surface area contributed by atoms with Gasteiger partial charge in [-0.1, -0.05) is 35.9 Å². The molecule has 5 heteroatoms. The first kappa shape index (κ1) is 17.1. The summed E-state index contributed by atoms with van der Waals surface area (Å²) in [6, 6.07) is 13.1. The average Bonchev–Trinajstić information content (AvgIpc) is 2.98. The highest BCUT2D eigenvalue weighted by atomic mass is 16.2. The summed E-state index contributed by atoms with van der Waals surface area (Å²) in [5.41, 5.74) is 3.02. The van der Waals surface area contributed by atoms with Gasteiger partial charge in [0.1, 0.15) is 6.04 Å². The van der Waals surface area contributed by atoms with Gasteiger partial charge in [0.05, 0.1) is 11.7 Å². The number of benzene rings is 1. The van der Waals surface area contributed by atoms with E-state index in [1.165, 1.54) is 5.56 Å². The zero-order chi connectivity index (χ0) is 17.8. The SMILES string of the molecule is Cc1ccc(CN2C(=O)CC[C@H]2C(=O)N[C@@H](C)c2ccccn2)cc1. The van der Waals surface area contributed by atoms with Crippen LogP contribution in [0.15, 0.2) is 48.7 Å². The minimum atomic E-state index is -0.417. The lowest BCUT2D eigenvalue weighted by Gasteiger charge is -2.25. The number of nitrogens with one attached hydrogen (secondary N) is 1. The van der Waals surface area contributed by atoms with Crippen LogP contribution in [0.5, 0.6) is 0 Å². The molecule has 0 spiro atoms. The van der Waals surface area contributed by atoms with E-state index in [4.69, 9.17) is 0 Å². The highest BCUT2D eigenvalue weighted by molar-refractivity contribution is 5.91. The lowest BCUT2D eigenvalue weighted by Crippen LogP contribution is -2.45. The third kappa shape index (κ3) is 4.05. The second-order valence-electron chi connectivity index (χ2n) is 6.55. The summed E-state index contributed by atoms with van der Waals surface area (Å²) in [4.78, 5) is 30.9. The molecule has 1 aliphatic rings. The molecule has 2 heterocycles. The third-order valence-corrected chi connectivity index (χ3v) is 4.59. The Morgan fingerprint density at radius 2 is 2.04 bits per heavy atom. The van der Waals surface area contributed by atoms with Gasteiger partial charge in [0.2, 0.25) is 11.8 Å². The molecule has 0 aliphatic carbocycles. The van der Waals surface area contributed by atoms with Crippen LogP contribution in [0.1, 0.15) is 42.6 Å². The van der Waals surface area contributed by atoms with Crippen molar-refractivity contribution >= 4 is 11.8 Å². The Morgan fingerprint density at radius 3 is 2.72 bits per heavy atom. The number of rotatable bonds is 5. The average molecular weight is 337 g/mol. The van der Waals surface area contributed by atoms with Gasteiger partial charge in [0, 0.05) is 19.2 Å². The standard InChI is InChI=1S/C20H23N3O2/c1-14-6-8-16(9-7-14)13-23-18(10-11-19(23)24)20(25)22-15(2)17-5-3-4-12-21-17/h3-9,12,15,18H,10-11,13H2,1-2H3,(H,22,25)/t15-,18-/m0/s1. The molecule has 0 saturated carbocycles. The molecular weight excluding hydrogens is 314 g/mol. The summed E-state index contributed by atoms with van der Waals surface area (Å²) >= 11 is 0. The Kier molecular flexibility index (Phi) is 5.12. The van der Waals surface area contributed by atoms with Crippen molar-refractivity contribution in [1.82, 2.24) is 15.2 Å². The van der Waals surface area contributed by atoms with Crippen molar-refractivity contribution in [3.63, 3.8) is 0 Å². The number of carbonyl (C=O) groups is 2. The summed E-state index contributed by atoms with van der Waals surface area (Å²) in [5, 5.41) is 2.99. The molecule has 2 aromatic rings. The minimum absolute atomic E-state index is 0.0335. The Labute approximate surface area is 148 Å². The molecule has 0 radical (unpaired) electrons.